The van der Waals surface area contributed by atoms with Gasteiger partial charge in [-0.05, 0) is 18.8 Å². The number of methoxy groups -OCH3 is 1. The van der Waals surface area contributed by atoms with Gasteiger partial charge in [0.25, 0.3) is 0 Å². The Bertz CT molecular complexity index is 273. The summed E-state index contributed by atoms with van der Waals surface area (Å²) in [6, 6.07) is -0.411. The number of rotatable bonds is 5. The Labute approximate surface area is 102 Å². The summed E-state index contributed by atoms with van der Waals surface area (Å²) in [5, 5.41) is 2.98. The first-order chi connectivity index (χ1) is 8.06. The van der Waals surface area contributed by atoms with Crippen LogP contribution in [0.4, 0.5) is 0 Å². The molecule has 0 aromatic heterocycles. The summed E-state index contributed by atoms with van der Waals surface area (Å²) in [5.41, 5.74) is 0. The number of ether oxygens (including phenoxy) is 1. The molecule has 1 saturated heterocycles. The standard InChI is InChI=1S/C12H22N2O3/c1-9(2)11(12(16)17-3)13-8-10(15)14-6-4-5-7-14/h9,11,13H,4-8H2,1-3H3. The highest BCUT2D eigenvalue weighted by atomic mass is 16.5. The predicted molar refractivity (Wildman–Crippen MR) is 64.5 cm³/mol. The Morgan fingerprint density at radius 3 is 2.35 bits per heavy atom. The molecule has 0 saturated carbocycles. The van der Waals surface area contributed by atoms with Crippen molar-refractivity contribution < 1.29 is 14.3 Å². The third-order valence-corrected chi connectivity index (χ3v) is 3.05. The molecule has 0 aliphatic carbocycles. The molecular weight excluding hydrogens is 220 g/mol. The first-order valence-corrected chi connectivity index (χ1v) is 6.15. The molecule has 1 rings (SSSR count). The Hall–Kier alpha value is -1.10. The van der Waals surface area contributed by atoms with Crippen LogP contribution < -0.4 is 5.32 Å². The minimum absolute atomic E-state index is 0.0667. The molecule has 1 aliphatic rings. The molecule has 0 spiro atoms. The summed E-state index contributed by atoms with van der Waals surface area (Å²) in [5.74, 6) is -0.139. The molecule has 1 amide bonds. The highest BCUT2D eigenvalue weighted by Gasteiger charge is 2.25. The lowest BCUT2D eigenvalue weighted by molar-refractivity contribution is -0.144. The Kier molecular flexibility index (Phi) is 5.41. The van der Waals surface area contributed by atoms with Crippen LogP contribution in [0, 0.1) is 5.92 Å². The number of nitrogens with one attached hydrogen (secondary N) is 1. The highest BCUT2D eigenvalue weighted by molar-refractivity contribution is 5.80. The van der Waals surface area contributed by atoms with Gasteiger partial charge < -0.3 is 9.64 Å². The average Bonchev–Trinajstić information content (AvgIpc) is 2.81. The number of esters is 1. The molecule has 0 aromatic carbocycles. The maximum absolute atomic E-state index is 11.8. The molecule has 17 heavy (non-hydrogen) atoms. The number of hydrogen-bond acceptors (Lipinski definition) is 4. The second-order valence-corrected chi connectivity index (χ2v) is 4.71. The van der Waals surface area contributed by atoms with E-state index < -0.39 is 6.04 Å². The zero-order valence-corrected chi connectivity index (χ0v) is 10.9. The van der Waals surface area contributed by atoms with Gasteiger partial charge in [-0.15, -0.1) is 0 Å². The van der Waals surface area contributed by atoms with Crippen LogP contribution in [0.3, 0.4) is 0 Å². The van der Waals surface area contributed by atoms with Crippen LogP contribution in [0.25, 0.3) is 0 Å². The molecule has 1 unspecified atom stereocenters. The lowest BCUT2D eigenvalue weighted by Crippen LogP contribution is -2.46. The Balaban J connectivity index is 2.40. The fourth-order valence-electron chi connectivity index (χ4n) is 1.99. The summed E-state index contributed by atoms with van der Waals surface area (Å²) in [7, 11) is 1.36. The van der Waals surface area contributed by atoms with Gasteiger partial charge in [-0.1, -0.05) is 13.8 Å². The normalized spacial score (nSPS) is 17.3. The number of amides is 1. The van der Waals surface area contributed by atoms with Gasteiger partial charge in [-0.3, -0.25) is 14.9 Å². The second kappa shape index (κ2) is 6.59. The van der Waals surface area contributed by atoms with E-state index in [-0.39, 0.29) is 24.3 Å². The van der Waals surface area contributed by atoms with Crippen molar-refractivity contribution in [3.63, 3.8) is 0 Å². The van der Waals surface area contributed by atoms with E-state index in [9.17, 15) is 9.59 Å². The van der Waals surface area contributed by atoms with E-state index in [1.807, 2.05) is 18.7 Å². The Morgan fingerprint density at radius 2 is 1.88 bits per heavy atom. The van der Waals surface area contributed by atoms with E-state index in [1.54, 1.807) is 0 Å². The van der Waals surface area contributed by atoms with E-state index in [0.717, 1.165) is 25.9 Å². The van der Waals surface area contributed by atoms with E-state index in [4.69, 9.17) is 4.74 Å². The van der Waals surface area contributed by atoms with Gasteiger partial charge in [-0.2, -0.15) is 0 Å². The van der Waals surface area contributed by atoms with Crippen molar-refractivity contribution in [1.82, 2.24) is 10.2 Å². The summed E-state index contributed by atoms with van der Waals surface area (Å²) in [6.45, 7) is 5.73. The molecule has 0 bridgehead atoms. The van der Waals surface area contributed by atoms with Crippen molar-refractivity contribution >= 4 is 11.9 Å². The van der Waals surface area contributed by atoms with Crippen molar-refractivity contribution in [2.75, 3.05) is 26.7 Å². The van der Waals surface area contributed by atoms with Gasteiger partial charge in [0.1, 0.15) is 6.04 Å². The minimum Gasteiger partial charge on any atom is -0.468 e. The molecule has 98 valence electrons. The van der Waals surface area contributed by atoms with E-state index >= 15 is 0 Å². The van der Waals surface area contributed by atoms with Crippen molar-refractivity contribution in [1.29, 1.82) is 0 Å². The van der Waals surface area contributed by atoms with Crippen molar-refractivity contribution in [3.05, 3.63) is 0 Å². The molecule has 0 radical (unpaired) electrons. The summed E-state index contributed by atoms with van der Waals surface area (Å²) < 4.78 is 4.71. The third kappa shape index (κ3) is 4.00. The number of nitrogens with zero attached hydrogens (tertiary/aromatic N) is 1. The van der Waals surface area contributed by atoms with Crippen LogP contribution in [-0.4, -0.2) is 49.6 Å². The van der Waals surface area contributed by atoms with Gasteiger partial charge >= 0.3 is 5.97 Å². The lowest BCUT2D eigenvalue weighted by Gasteiger charge is -2.21. The molecule has 1 fully saturated rings. The van der Waals surface area contributed by atoms with E-state index in [0.29, 0.717) is 0 Å². The van der Waals surface area contributed by atoms with Crippen LogP contribution in [0.5, 0.6) is 0 Å². The van der Waals surface area contributed by atoms with E-state index in [2.05, 4.69) is 5.32 Å². The first kappa shape index (κ1) is 14.0. The fourth-order valence-corrected chi connectivity index (χ4v) is 1.99. The summed E-state index contributed by atoms with van der Waals surface area (Å²) >= 11 is 0. The zero-order valence-electron chi connectivity index (χ0n) is 10.9. The molecule has 5 heteroatoms. The fraction of sp³-hybridized carbons (Fsp3) is 0.833. The second-order valence-electron chi connectivity index (χ2n) is 4.71. The highest BCUT2D eigenvalue weighted by Crippen LogP contribution is 2.08. The molecule has 1 atom stereocenters. The van der Waals surface area contributed by atoms with Gasteiger partial charge in [0.2, 0.25) is 5.91 Å². The number of carbonyl (C=O) groups excluding carboxylic acids is 2. The molecular formula is C12H22N2O3. The zero-order chi connectivity index (χ0) is 12.8. The third-order valence-electron chi connectivity index (χ3n) is 3.05. The average molecular weight is 242 g/mol. The van der Waals surface area contributed by atoms with Crippen LogP contribution in [0.1, 0.15) is 26.7 Å². The maximum Gasteiger partial charge on any atom is 0.323 e. The molecule has 0 aromatic rings. The number of hydrogen-bond donors (Lipinski definition) is 1. The molecule has 1 N–H and O–H groups in total. The summed E-state index contributed by atoms with van der Waals surface area (Å²) in [6.07, 6.45) is 2.16. The van der Waals surface area contributed by atoms with Crippen LogP contribution in [0.15, 0.2) is 0 Å². The smallest absolute Gasteiger partial charge is 0.323 e. The van der Waals surface area contributed by atoms with Crippen LogP contribution >= 0.6 is 0 Å². The summed E-state index contributed by atoms with van der Waals surface area (Å²) in [4.78, 5) is 25.1. The first-order valence-electron chi connectivity index (χ1n) is 6.15. The number of likely N-dealkylation sites (tertiary alicyclic amines) is 1. The van der Waals surface area contributed by atoms with Gasteiger partial charge in [0, 0.05) is 13.1 Å². The van der Waals surface area contributed by atoms with Crippen LogP contribution in [0.2, 0.25) is 0 Å². The quantitative estimate of drug-likeness (QED) is 0.709. The monoisotopic (exact) mass is 242 g/mol. The topological polar surface area (TPSA) is 58.6 Å². The molecule has 1 aliphatic heterocycles. The van der Waals surface area contributed by atoms with E-state index in [1.165, 1.54) is 7.11 Å². The maximum atomic E-state index is 11.8. The van der Waals surface area contributed by atoms with Crippen LogP contribution in [-0.2, 0) is 14.3 Å². The van der Waals surface area contributed by atoms with Gasteiger partial charge in [-0.25, -0.2) is 0 Å². The molecule has 5 nitrogen and oxygen atoms in total. The largest absolute Gasteiger partial charge is 0.468 e. The minimum atomic E-state index is -0.411. The van der Waals surface area contributed by atoms with Crippen molar-refractivity contribution in [2.24, 2.45) is 5.92 Å². The Morgan fingerprint density at radius 1 is 1.29 bits per heavy atom. The van der Waals surface area contributed by atoms with Crippen molar-refractivity contribution in [2.45, 2.75) is 32.7 Å². The number of carbonyl (C=O) groups is 2. The molecule has 1 heterocycles. The predicted octanol–water partition coefficient (Wildman–Crippen LogP) is 0.396. The lowest BCUT2D eigenvalue weighted by atomic mass is 10.0. The van der Waals surface area contributed by atoms with Crippen molar-refractivity contribution in [3.8, 4) is 0 Å². The van der Waals surface area contributed by atoms with Gasteiger partial charge in [0.05, 0.1) is 13.7 Å². The van der Waals surface area contributed by atoms with Gasteiger partial charge in [0.15, 0.2) is 0 Å². The SMILES string of the molecule is COC(=O)C(NCC(=O)N1CCCC1)C(C)C.